The van der Waals surface area contributed by atoms with Crippen LogP contribution in [0.25, 0.3) is 11.3 Å². The van der Waals surface area contributed by atoms with Gasteiger partial charge in [0.1, 0.15) is 0 Å². The zero-order chi connectivity index (χ0) is 10.7. The first-order valence-corrected chi connectivity index (χ1v) is 5.45. The second-order valence-corrected chi connectivity index (χ2v) is 4.04. The number of benzene rings is 1. The van der Waals surface area contributed by atoms with Crippen molar-refractivity contribution in [2.75, 3.05) is 7.05 Å². The van der Waals surface area contributed by atoms with Crippen LogP contribution in [0.2, 0.25) is 0 Å². The molecular weight excluding hydrogens is 256 g/mol. The molecule has 0 amide bonds. The SMILES string of the molecule is CNCc1cnoc1-c1ccccc1Br. The summed E-state index contributed by atoms with van der Waals surface area (Å²) < 4.78 is 6.28. The van der Waals surface area contributed by atoms with Crippen molar-refractivity contribution in [3.8, 4) is 11.3 Å². The standard InChI is InChI=1S/C11H11BrN2O/c1-13-6-8-7-14-15-11(8)9-4-2-3-5-10(9)12/h2-5,7,13H,6H2,1H3. The van der Waals surface area contributed by atoms with E-state index < -0.39 is 0 Å². The summed E-state index contributed by atoms with van der Waals surface area (Å²) in [7, 11) is 1.90. The van der Waals surface area contributed by atoms with Gasteiger partial charge in [-0.3, -0.25) is 0 Å². The molecule has 0 saturated heterocycles. The third kappa shape index (κ3) is 2.11. The number of hydrogen-bond donors (Lipinski definition) is 1. The maximum atomic E-state index is 5.26. The van der Waals surface area contributed by atoms with Gasteiger partial charge in [0, 0.05) is 22.1 Å². The van der Waals surface area contributed by atoms with Crippen molar-refractivity contribution in [1.82, 2.24) is 10.5 Å². The van der Waals surface area contributed by atoms with Crippen LogP contribution >= 0.6 is 15.9 Å². The predicted octanol–water partition coefficient (Wildman–Crippen LogP) is 2.82. The topological polar surface area (TPSA) is 38.1 Å². The molecule has 0 unspecified atom stereocenters. The summed E-state index contributed by atoms with van der Waals surface area (Å²) >= 11 is 3.49. The molecule has 0 bridgehead atoms. The van der Waals surface area contributed by atoms with E-state index in [1.54, 1.807) is 6.20 Å². The Morgan fingerprint density at radius 2 is 2.20 bits per heavy atom. The fraction of sp³-hybridized carbons (Fsp3) is 0.182. The third-order valence-corrected chi connectivity index (χ3v) is 2.82. The monoisotopic (exact) mass is 266 g/mol. The number of nitrogens with one attached hydrogen (secondary N) is 1. The van der Waals surface area contributed by atoms with Crippen LogP contribution in [0.5, 0.6) is 0 Å². The third-order valence-electron chi connectivity index (χ3n) is 2.13. The van der Waals surface area contributed by atoms with Crippen molar-refractivity contribution < 1.29 is 4.52 Å². The second kappa shape index (κ2) is 4.59. The van der Waals surface area contributed by atoms with Crippen molar-refractivity contribution in [2.24, 2.45) is 0 Å². The molecule has 2 aromatic rings. The van der Waals surface area contributed by atoms with Gasteiger partial charge in [-0.1, -0.05) is 33.2 Å². The van der Waals surface area contributed by atoms with Crippen LogP contribution in [-0.2, 0) is 6.54 Å². The Hall–Kier alpha value is -1.13. The van der Waals surface area contributed by atoms with Crippen molar-refractivity contribution in [3.05, 3.63) is 40.5 Å². The van der Waals surface area contributed by atoms with E-state index in [0.717, 1.165) is 27.9 Å². The first-order valence-electron chi connectivity index (χ1n) is 4.66. The fourth-order valence-electron chi connectivity index (χ4n) is 1.44. The smallest absolute Gasteiger partial charge is 0.172 e. The highest BCUT2D eigenvalue weighted by Gasteiger charge is 2.12. The summed E-state index contributed by atoms with van der Waals surface area (Å²) in [4.78, 5) is 0. The van der Waals surface area contributed by atoms with Crippen molar-refractivity contribution >= 4 is 15.9 Å². The lowest BCUT2D eigenvalue weighted by molar-refractivity contribution is 0.431. The van der Waals surface area contributed by atoms with Crippen molar-refractivity contribution in [3.63, 3.8) is 0 Å². The first kappa shape index (κ1) is 10.4. The van der Waals surface area contributed by atoms with Crippen LogP contribution < -0.4 is 5.32 Å². The molecule has 0 atom stereocenters. The number of rotatable bonds is 3. The highest BCUT2D eigenvalue weighted by Crippen LogP contribution is 2.30. The molecule has 3 nitrogen and oxygen atoms in total. The van der Waals surface area contributed by atoms with Gasteiger partial charge in [-0.15, -0.1) is 0 Å². The van der Waals surface area contributed by atoms with E-state index >= 15 is 0 Å². The molecule has 0 spiro atoms. The van der Waals surface area contributed by atoms with E-state index in [9.17, 15) is 0 Å². The average Bonchev–Trinajstić information content (AvgIpc) is 2.67. The van der Waals surface area contributed by atoms with Gasteiger partial charge in [-0.05, 0) is 19.2 Å². The minimum absolute atomic E-state index is 0.750. The van der Waals surface area contributed by atoms with Gasteiger partial charge in [0.05, 0.1) is 6.20 Å². The van der Waals surface area contributed by atoms with Crippen LogP contribution in [0.15, 0.2) is 39.5 Å². The first-order chi connectivity index (χ1) is 7.33. The molecule has 2 rings (SSSR count). The molecule has 0 aliphatic heterocycles. The summed E-state index contributed by atoms with van der Waals surface area (Å²) in [5.41, 5.74) is 2.09. The Kier molecular flexibility index (Phi) is 3.18. The molecule has 1 aromatic heterocycles. The van der Waals surface area contributed by atoms with E-state index in [1.807, 2.05) is 31.3 Å². The van der Waals surface area contributed by atoms with Crippen LogP contribution in [0.4, 0.5) is 0 Å². The molecule has 0 aliphatic rings. The summed E-state index contributed by atoms with van der Waals surface area (Å²) in [6.45, 7) is 0.750. The number of aromatic nitrogens is 1. The Balaban J connectivity index is 2.45. The van der Waals surface area contributed by atoms with Crippen LogP contribution in [0.3, 0.4) is 0 Å². The van der Waals surface area contributed by atoms with Gasteiger partial charge in [0.15, 0.2) is 5.76 Å². The van der Waals surface area contributed by atoms with Crippen molar-refractivity contribution in [2.45, 2.75) is 6.54 Å². The summed E-state index contributed by atoms with van der Waals surface area (Å²) in [6, 6.07) is 7.94. The van der Waals surface area contributed by atoms with Gasteiger partial charge in [0.25, 0.3) is 0 Å². The van der Waals surface area contributed by atoms with Crippen LogP contribution in [0, 0.1) is 0 Å². The zero-order valence-corrected chi connectivity index (χ0v) is 9.91. The minimum atomic E-state index is 0.750. The lowest BCUT2D eigenvalue weighted by Crippen LogP contribution is -2.04. The van der Waals surface area contributed by atoms with Crippen LogP contribution in [0.1, 0.15) is 5.56 Å². The molecule has 1 heterocycles. The molecule has 1 N–H and O–H groups in total. The fourth-order valence-corrected chi connectivity index (χ4v) is 1.91. The molecule has 1 aromatic carbocycles. The zero-order valence-electron chi connectivity index (χ0n) is 8.33. The Labute approximate surface area is 96.6 Å². The molecule has 4 heteroatoms. The molecule has 0 saturated carbocycles. The summed E-state index contributed by atoms with van der Waals surface area (Å²) in [6.07, 6.45) is 1.74. The van der Waals surface area contributed by atoms with Crippen LogP contribution in [-0.4, -0.2) is 12.2 Å². The largest absolute Gasteiger partial charge is 0.356 e. The van der Waals surface area contributed by atoms with E-state index in [-0.39, 0.29) is 0 Å². The highest BCUT2D eigenvalue weighted by atomic mass is 79.9. The molecular formula is C11H11BrN2O. The van der Waals surface area contributed by atoms with Gasteiger partial charge < -0.3 is 9.84 Å². The van der Waals surface area contributed by atoms with Gasteiger partial charge in [0.2, 0.25) is 0 Å². The van der Waals surface area contributed by atoms with E-state index in [4.69, 9.17) is 4.52 Å². The average molecular weight is 267 g/mol. The number of halogens is 1. The van der Waals surface area contributed by atoms with Gasteiger partial charge in [-0.2, -0.15) is 0 Å². The number of nitrogens with zero attached hydrogens (tertiary/aromatic N) is 1. The maximum Gasteiger partial charge on any atom is 0.172 e. The minimum Gasteiger partial charge on any atom is -0.356 e. The van der Waals surface area contributed by atoms with E-state index in [1.165, 1.54) is 0 Å². The molecule has 0 radical (unpaired) electrons. The molecule has 0 aliphatic carbocycles. The van der Waals surface area contributed by atoms with E-state index in [2.05, 4.69) is 26.4 Å². The Bertz CT molecular complexity index is 453. The van der Waals surface area contributed by atoms with Crippen molar-refractivity contribution in [1.29, 1.82) is 0 Å². The van der Waals surface area contributed by atoms with Gasteiger partial charge in [-0.25, -0.2) is 0 Å². The lowest BCUT2D eigenvalue weighted by atomic mass is 10.1. The quantitative estimate of drug-likeness (QED) is 0.929. The lowest BCUT2D eigenvalue weighted by Gasteiger charge is -2.02. The summed E-state index contributed by atoms with van der Waals surface area (Å²) in [5, 5.41) is 6.91. The summed E-state index contributed by atoms with van der Waals surface area (Å²) in [5.74, 6) is 0.817. The maximum absolute atomic E-state index is 5.26. The molecule has 78 valence electrons. The number of hydrogen-bond acceptors (Lipinski definition) is 3. The normalized spacial score (nSPS) is 10.5. The Morgan fingerprint density at radius 1 is 1.40 bits per heavy atom. The molecule has 15 heavy (non-hydrogen) atoms. The Morgan fingerprint density at radius 3 is 2.93 bits per heavy atom. The predicted molar refractivity (Wildman–Crippen MR) is 62.4 cm³/mol. The van der Waals surface area contributed by atoms with E-state index in [0.29, 0.717) is 0 Å². The second-order valence-electron chi connectivity index (χ2n) is 3.19. The molecule has 0 fully saturated rings. The highest BCUT2D eigenvalue weighted by molar-refractivity contribution is 9.10. The van der Waals surface area contributed by atoms with Gasteiger partial charge >= 0.3 is 0 Å².